The second-order valence-electron chi connectivity index (χ2n) is 3.54. The first-order valence-corrected chi connectivity index (χ1v) is 4.98. The molecule has 0 saturated carbocycles. The number of pyridine rings is 1. The van der Waals surface area contributed by atoms with Gasteiger partial charge in [-0.3, -0.25) is 4.98 Å². The van der Waals surface area contributed by atoms with Crippen molar-refractivity contribution in [2.45, 2.75) is 39.7 Å². The second kappa shape index (κ2) is 5.05. The quantitative estimate of drug-likeness (QED) is 0.768. The summed E-state index contributed by atoms with van der Waals surface area (Å²) in [7, 11) is 0. The molecule has 1 rings (SSSR count). The van der Waals surface area contributed by atoms with Crippen molar-refractivity contribution in [3.05, 3.63) is 23.5 Å². The Labute approximate surface area is 88.3 Å². The Bertz CT molecular complexity index is 326. The third-order valence-electron chi connectivity index (χ3n) is 1.93. The number of aryl methyl sites for hydroxylation is 1. The molecule has 0 unspecified atom stereocenters. The predicted octanol–water partition coefficient (Wildman–Crippen LogP) is 3.37. The molecule has 84 valence electrons. The zero-order chi connectivity index (χ0) is 11.4. The van der Waals surface area contributed by atoms with Crippen LogP contribution in [-0.4, -0.2) is 11.1 Å². The molecular weight excluding hydrogens is 200 g/mol. The number of hydrogen-bond donors (Lipinski definition) is 0. The maximum Gasteiger partial charge on any atom is 0.280 e. The third kappa shape index (κ3) is 3.15. The van der Waals surface area contributed by atoms with Crippen molar-refractivity contribution >= 4 is 0 Å². The lowest BCUT2D eigenvalue weighted by atomic mass is 10.2. The Kier molecular flexibility index (Phi) is 4.00. The largest absolute Gasteiger partial charge is 0.491 e. The molecule has 0 atom stereocenters. The monoisotopic (exact) mass is 215 g/mol. The van der Waals surface area contributed by atoms with E-state index < -0.39 is 6.43 Å². The topological polar surface area (TPSA) is 22.1 Å². The van der Waals surface area contributed by atoms with Crippen LogP contribution in [0.5, 0.6) is 5.75 Å². The van der Waals surface area contributed by atoms with Crippen molar-refractivity contribution in [3.8, 4) is 5.75 Å². The van der Waals surface area contributed by atoms with Crippen LogP contribution in [-0.2, 0) is 6.42 Å². The highest BCUT2D eigenvalue weighted by Gasteiger charge is 2.13. The van der Waals surface area contributed by atoms with Gasteiger partial charge in [0.05, 0.1) is 6.10 Å². The maximum atomic E-state index is 12.4. The lowest BCUT2D eigenvalue weighted by Crippen LogP contribution is -2.08. The SMILES string of the molecule is CCc1cnc(C(F)F)cc1OC(C)C. The van der Waals surface area contributed by atoms with E-state index in [1.54, 1.807) is 0 Å². The van der Waals surface area contributed by atoms with Crippen LogP contribution in [0.2, 0.25) is 0 Å². The van der Waals surface area contributed by atoms with Gasteiger partial charge >= 0.3 is 0 Å². The summed E-state index contributed by atoms with van der Waals surface area (Å²) in [6.45, 7) is 5.66. The Morgan fingerprint density at radius 2 is 2.07 bits per heavy atom. The van der Waals surface area contributed by atoms with Crippen molar-refractivity contribution in [3.63, 3.8) is 0 Å². The zero-order valence-corrected chi connectivity index (χ0v) is 9.13. The van der Waals surface area contributed by atoms with E-state index in [-0.39, 0.29) is 11.8 Å². The molecule has 0 bridgehead atoms. The van der Waals surface area contributed by atoms with Gasteiger partial charge in [0.2, 0.25) is 0 Å². The minimum absolute atomic E-state index is 0.0248. The number of alkyl halides is 2. The van der Waals surface area contributed by atoms with Crippen molar-refractivity contribution in [1.29, 1.82) is 0 Å². The average molecular weight is 215 g/mol. The van der Waals surface area contributed by atoms with Gasteiger partial charge in [-0.2, -0.15) is 0 Å². The maximum absolute atomic E-state index is 12.4. The molecule has 1 heterocycles. The number of hydrogen-bond acceptors (Lipinski definition) is 2. The Balaban J connectivity index is 3.02. The number of nitrogens with zero attached hydrogens (tertiary/aromatic N) is 1. The van der Waals surface area contributed by atoms with Crippen molar-refractivity contribution < 1.29 is 13.5 Å². The minimum atomic E-state index is -2.55. The first kappa shape index (κ1) is 11.9. The molecule has 0 saturated heterocycles. The Morgan fingerprint density at radius 1 is 1.40 bits per heavy atom. The van der Waals surface area contributed by atoms with E-state index >= 15 is 0 Å². The van der Waals surface area contributed by atoms with Crippen molar-refractivity contribution in [2.75, 3.05) is 0 Å². The molecule has 4 heteroatoms. The smallest absolute Gasteiger partial charge is 0.280 e. The fourth-order valence-electron chi connectivity index (χ4n) is 1.23. The second-order valence-corrected chi connectivity index (χ2v) is 3.54. The molecule has 0 aliphatic heterocycles. The van der Waals surface area contributed by atoms with Gasteiger partial charge in [-0.25, -0.2) is 8.78 Å². The highest BCUT2D eigenvalue weighted by atomic mass is 19.3. The molecule has 15 heavy (non-hydrogen) atoms. The summed E-state index contributed by atoms with van der Waals surface area (Å²) in [4.78, 5) is 3.69. The van der Waals surface area contributed by atoms with Gasteiger partial charge in [-0.05, 0) is 20.3 Å². The predicted molar refractivity (Wildman–Crippen MR) is 54.3 cm³/mol. The standard InChI is InChI=1S/C11H15F2NO/c1-4-8-6-14-9(11(12)13)5-10(8)15-7(2)3/h5-7,11H,4H2,1-3H3. The van der Waals surface area contributed by atoms with E-state index in [0.29, 0.717) is 5.75 Å². The average Bonchev–Trinajstić information content (AvgIpc) is 2.16. The van der Waals surface area contributed by atoms with Gasteiger partial charge in [-0.1, -0.05) is 6.92 Å². The van der Waals surface area contributed by atoms with Gasteiger partial charge in [0.25, 0.3) is 6.43 Å². The van der Waals surface area contributed by atoms with E-state index in [9.17, 15) is 8.78 Å². The molecule has 1 aromatic heterocycles. The summed E-state index contributed by atoms with van der Waals surface area (Å²) >= 11 is 0. The molecule has 0 aliphatic rings. The summed E-state index contributed by atoms with van der Waals surface area (Å²) in [5.41, 5.74) is 0.621. The first-order valence-electron chi connectivity index (χ1n) is 4.98. The minimum Gasteiger partial charge on any atom is -0.491 e. The summed E-state index contributed by atoms with van der Waals surface area (Å²) in [5, 5.41) is 0. The first-order chi connectivity index (χ1) is 7.04. The van der Waals surface area contributed by atoms with Crippen LogP contribution in [0.25, 0.3) is 0 Å². The van der Waals surface area contributed by atoms with Crippen LogP contribution in [0.4, 0.5) is 8.78 Å². The van der Waals surface area contributed by atoms with Crippen LogP contribution < -0.4 is 4.74 Å². The lowest BCUT2D eigenvalue weighted by Gasteiger charge is -2.14. The van der Waals surface area contributed by atoms with Crippen LogP contribution in [0, 0.1) is 0 Å². The fraction of sp³-hybridized carbons (Fsp3) is 0.545. The molecule has 0 spiro atoms. The van der Waals surface area contributed by atoms with E-state index in [0.717, 1.165) is 12.0 Å². The van der Waals surface area contributed by atoms with Crippen LogP contribution >= 0.6 is 0 Å². The number of ether oxygens (including phenoxy) is 1. The van der Waals surface area contributed by atoms with E-state index in [2.05, 4.69) is 4.98 Å². The van der Waals surface area contributed by atoms with Crippen molar-refractivity contribution in [2.24, 2.45) is 0 Å². The van der Waals surface area contributed by atoms with Gasteiger partial charge in [0, 0.05) is 17.8 Å². The van der Waals surface area contributed by atoms with Crippen LogP contribution in [0.3, 0.4) is 0 Å². The summed E-state index contributed by atoms with van der Waals surface area (Å²) < 4.78 is 30.3. The Morgan fingerprint density at radius 3 is 2.53 bits per heavy atom. The van der Waals surface area contributed by atoms with Gasteiger partial charge < -0.3 is 4.74 Å². The molecule has 0 amide bonds. The van der Waals surface area contributed by atoms with Gasteiger partial charge in [0.15, 0.2) is 0 Å². The fourth-order valence-corrected chi connectivity index (χ4v) is 1.23. The zero-order valence-electron chi connectivity index (χ0n) is 9.13. The van der Waals surface area contributed by atoms with E-state index in [1.807, 2.05) is 20.8 Å². The van der Waals surface area contributed by atoms with Crippen LogP contribution in [0.15, 0.2) is 12.3 Å². The van der Waals surface area contributed by atoms with E-state index in [4.69, 9.17) is 4.74 Å². The molecule has 0 radical (unpaired) electrons. The summed E-state index contributed by atoms with van der Waals surface area (Å²) in [5.74, 6) is 0.512. The molecule has 0 aliphatic carbocycles. The molecule has 0 aromatic carbocycles. The number of rotatable bonds is 4. The molecule has 2 nitrogen and oxygen atoms in total. The molecule has 0 fully saturated rings. The Hall–Kier alpha value is -1.19. The summed E-state index contributed by atoms with van der Waals surface area (Å²) in [6.07, 6.45) is -0.397. The van der Waals surface area contributed by atoms with Gasteiger partial charge in [0.1, 0.15) is 11.4 Å². The summed E-state index contributed by atoms with van der Waals surface area (Å²) in [6, 6.07) is 1.32. The molecule has 0 N–H and O–H groups in total. The van der Waals surface area contributed by atoms with Crippen molar-refractivity contribution in [1.82, 2.24) is 4.98 Å². The number of halogens is 2. The molecule has 1 aromatic rings. The highest BCUT2D eigenvalue weighted by Crippen LogP contribution is 2.25. The lowest BCUT2D eigenvalue weighted by molar-refractivity contribution is 0.144. The molecular formula is C11H15F2NO. The normalized spacial score (nSPS) is 11.1. The number of aromatic nitrogens is 1. The highest BCUT2D eigenvalue weighted by molar-refractivity contribution is 5.33. The van der Waals surface area contributed by atoms with Gasteiger partial charge in [-0.15, -0.1) is 0 Å². The third-order valence-corrected chi connectivity index (χ3v) is 1.93. The van der Waals surface area contributed by atoms with Crippen LogP contribution in [0.1, 0.15) is 38.5 Å². The van der Waals surface area contributed by atoms with E-state index in [1.165, 1.54) is 12.3 Å².